The molecule has 4 nitrogen and oxygen atoms in total. The average molecular weight is 279 g/mol. The van der Waals surface area contributed by atoms with Crippen LogP contribution in [-0.4, -0.2) is 26.9 Å². The highest BCUT2D eigenvalue weighted by Gasteiger charge is 2.37. The number of ether oxygens (including phenoxy) is 1. The molecule has 1 saturated carbocycles. The summed E-state index contributed by atoms with van der Waals surface area (Å²) in [5.41, 5.74) is -0.401. The molecule has 0 saturated heterocycles. The first-order chi connectivity index (χ1) is 9.51. The SMILES string of the molecule is CC(C)Oc1cncc(C(O)C2(O)CCCCCC2)c1. The number of aliphatic hydroxyl groups is 2. The third kappa shape index (κ3) is 3.70. The number of pyridine rings is 1. The van der Waals surface area contributed by atoms with Crippen LogP contribution >= 0.6 is 0 Å². The minimum atomic E-state index is -1.03. The minimum Gasteiger partial charge on any atom is -0.489 e. The molecule has 1 aliphatic rings. The maximum Gasteiger partial charge on any atom is 0.138 e. The quantitative estimate of drug-likeness (QED) is 0.832. The van der Waals surface area contributed by atoms with Gasteiger partial charge in [0.15, 0.2) is 0 Å². The van der Waals surface area contributed by atoms with E-state index in [9.17, 15) is 10.2 Å². The zero-order valence-corrected chi connectivity index (χ0v) is 12.4. The number of hydrogen-bond acceptors (Lipinski definition) is 4. The van der Waals surface area contributed by atoms with Crippen molar-refractivity contribution >= 4 is 0 Å². The fraction of sp³-hybridized carbons (Fsp3) is 0.688. The van der Waals surface area contributed by atoms with Crippen molar-refractivity contribution in [1.29, 1.82) is 0 Å². The van der Waals surface area contributed by atoms with Gasteiger partial charge in [-0.15, -0.1) is 0 Å². The Morgan fingerprint density at radius 2 is 1.80 bits per heavy atom. The Bertz CT molecular complexity index is 425. The zero-order chi connectivity index (χ0) is 14.6. The van der Waals surface area contributed by atoms with E-state index in [0.29, 0.717) is 24.2 Å². The highest BCUT2D eigenvalue weighted by molar-refractivity contribution is 5.27. The molecule has 1 atom stereocenters. The van der Waals surface area contributed by atoms with E-state index >= 15 is 0 Å². The molecule has 1 unspecified atom stereocenters. The van der Waals surface area contributed by atoms with Gasteiger partial charge in [-0.3, -0.25) is 4.98 Å². The van der Waals surface area contributed by atoms with Gasteiger partial charge in [-0.2, -0.15) is 0 Å². The van der Waals surface area contributed by atoms with Crippen LogP contribution in [0.2, 0.25) is 0 Å². The lowest BCUT2D eigenvalue weighted by Gasteiger charge is -2.32. The first kappa shape index (κ1) is 15.3. The number of rotatable bonds is 4. The van der Waals surface area contributed by atoms with E-state index in [0.717, 1.165) is 25.7 Å². The monoisotopic (exact) mass is 279 g/mol. The van der Waals surface area contributed by atoms with Gasteiger partial charge in [0.05, 0.1) is 17.9 Å². The molecule has 20 heavy (non-hydrogen) atoms. The fourth-order valence-corrected chi connectivity index (χ4v) is 2.85. The predicted molar refractivity (Wildman–Crippen MR) is 77.6 cm³/mol. The minimum absolute atomic E-state index is 0.0603. The Morgan fingerprint density at radius 3 is 2.40 bits per heavy atom. The van der Waals surface area contributed by atoms with Crippen molar-refractivity contribution in [1.82, 2.24) is 4.98 Å². The molecule has 2 rings (SSSR count). The van der Waals surface area contributed by atoms with Gasteiger partial charge in [0.2, 0.25) is 0 Å². The molecule has 1 aromatic rings. The molecule has 4 heteroatoms. The lowest BCUT2D eigenvalue weighted by molar-refractivity contribution is -0.0869. The van der Waals surface area contributed by atoms with Gasteiger partial charge in [0, 0.05) is 11.8 Å². The number of aromatic nitrogens is 1. The average Bonchev–Trinajstić information content (AvgIpc) is 2.63. The Morgan fingerprint density at radius 1 is 1.15 bits per heavy atom. The van der Waals surface area contributed by atoms with E-state index < -0.39 is 11.7 Å². The van der Waals surface area contributed by atoms with Crippen LogP contribution in [0.4, 0.5) is 0 Å². The summed E-state index contributed by atoms with van der Waals surface area (Å²) < 4.78 is 5.59. The van der Waals surface area contributed by atoms with Crippen molar-refractivity contribution < 1.29 is 14.9 Å². The van der Waals surface area contributed by atoms with Crippen molar-refractivity contribution in [2.75, 3.05) is 0 Å². The first-order valence-electron chi connectivity index (χ1n) is 7.53. The van der Waals surface area contributed by atoms with Crippen LogP contribution in [0.25, 0.3) is 0 Å². The van der Waals surface area contributed by atoms with E-state index in [4.69, 9.17) is 4.74 Å². The largest absolute Gasteiger partial charge is 0.489 e. The number of aliphatic hydroxyl groups excluding tert-OH is 1. The molecule has 1 fully saturated rings. The molecule has 0 amide bonds. The second-order valence-corrected chi connectivity index (χ2v) is 6.04. The summed E-state index contributed by atoms with van der Waals surface area (Å²) in [5, 5.41) is 21.3. The number of nitrogens with zero attached hydrogens (tertiary/aromatic N) is 1. The van der Waals surface area contributed by atoms with Crippen LogP contribution in [-0.2, 0) is 0 Å². The maximum absolute atomic E-state index is 10.7. The van der Waals surface area contributed by atoms with Crippen molar-refractivity contribution in [2.24, 2.45) is 0 Å². The molecule has 1 heterocycles. The van der Waals surface area contributed by atoms with Gasteiger partial charge in [-0.05, 0) is 32.8 Å². The molecule has 0 bridgehead atoms. The third-order valence-electron chi connectivity index (χ3n) is 3.90. The van der Waals surface area contributed by atoms with Gasteiger partial charge in [0.25, 0.3) is 0 Å². The Balaban J connectivity index is 2.16. The van der Waals surface area contributed by atoms with E-state index in [1.54, 1.807) is 18.5 Å². The summed E-state index contributed by atoms with van der Waals surface area (Å²) in [6, 6.07) is 1.78. The van der Waals surface area contributed by atoms with Gasteiger partial charge < -0.3 is 14.9 Å². The summed E-state index contributed by atoms with van der Waals surface area (Å²) in [5.74, 6) is 0.633. The van der Waals surface area contributed by atoms with Crippen LogP contribution in [0.3, 0.4) is 0 Å². The summed E-state index contributed by atoms with van der Waals surface area (Å²) in [4.78, 5) is 4.11. The Kier molecular flexibility index (Phi) is 5.00. The summed E-state index contributed by atoms with van der Waals surface area (Å²) in [6.45, 7) is 3.89. The molecule has 0 aliphatic heterocycles. The molecule has 0 spiro atoms. The molecular formula is C16H25NO3. The second kappa shape index (κ2) is 6.55. The number of hydrogen-bond donors (Lipinski definition) is 2. The Labute approximate surface area is 120 Å². The fourth-order valence-electron chi connectivity index (χ4n) is 2.85. The standard InChI is InChI=1S/C16H25NO3/c1-12(2)20-14-9-13(10-17-11-14)15(18)16(19)7-5-3-4-6-8-16/h9-12,15,18-19H,3-8H2,1-2H3. The van der Waals surface area contributed by atoms with E-state index in [-0.39, 0.29) is 6.10 Å². The molecule has 1 aromatic heterocycles. The van der Waals surface area contributed by atoms with Gasteiger partial charge in [-0.25, -0.2) is 0 Å². The topological polar surface area (TPSA) is 62.6 Å². The Hall–Kier alpha value is -1.13. The van der Waals surface area contributed by atoms with Crippen LogP contribution in [0, 0.1) is 0 Å². The first-order valence-corrected chi connectivity index (χ1v) is 7.53. The van der Waals surface area contributed by atoms with E-state index in [1.165, 1.54) is 0 Å². The highest BCUT2D eigenvalue weighted by atomic mass is 16.5. The second-order valence-electron chi connectivity index (χ2n) is 6.04. The van der Waals surface area contributed by atoms with Crippen molar-refractivity contribution in [3.63, 3.8) is 0 Å². The van der Waals surface area contributed by atoms with Gasteiger partial charge in [-0.1, -0.05) is 25.7 Å². The summed E-state index contributed by atoms with van der Waals surface area (Å²) in [7, 11) is 0. The molecule has 112 valence electrons. The van der Waals surface area contributed by atoms with Crippen LogP contribution < -0.4 is 4.74 Å². The smallest absolute Gasteiger partial charge is 0.138 e. The lowest BCUT2D eigenvalue weighted by Crippen LogP contribution is -2.35. The van der Waals surface area contributed by atoms with Crippen molar-refractivity contribution in [2.45, 2.75) is 70.2 Å². The normalized spacial score (nSPS) is 20.4. The lowest BCUT2D eigenvalue weighted by atomic mass is 9.85. The van der Waals surface area contributed by atoms with E-state index in [2.05, 4.69) is 4.98 Å². The van der Waals surface area contributed by atoms with Crippen LogP contribution in [0.1, 0.15) is 64.0 Å². The maximum atomic E-state index is 10.7. The van der Waals surface area contributed by atoms with E-state index in [1.807, 2.05) is 13.8 Å². The van der Waals surface area contributed by atoms with Crippen molar-refractivity contribution in [3.8, 4) is 5.75 Å². The highest BCUT2D eigenvalue weighted by Crippen LogP contribution is 2.37. The van der Waals surface area contributed by atoms with Crippen LogP contribution in [0.5, 0.6) is 5.75 Å². The molecule has 0 aromatic carbocycles. The third-order valence-corrected chi connectivity index (χ3v) is 3.90. The molecular weight excluding hydrogens is 254 g/mol. The van der Waals surface area contributed by atoms with Gasteiger partial charge >= 0.3 is 0 Å². The predicted octanol–water partition coefficient (Wildman–Crippen LogP) is 2.99. The zero-order valence-electron chi connectivity index (χ0n) is 12.4. The summed E-state index contributed by atoms with van der Waals surface area (Å²) in [6.07, 6.45) is 7.87. The van der Waals surface area contributed by atoms with Crippen molar-refractivity contribution in [3.05, 3.63) is 24.0 Å². The molecule has 2 N–H and O–H groups in total. The van der Waals surface area contributed by atoms with Crippen LogP contribution in [0.15, 0.2) is 18.5 Å². The van der Waals surface area contributed by atoms with Gasteiger partial charge in [0.1, 0.15) is 11.9 Å². The molecule has 0 radical (unpaired) electrons. The molecule has 1 aliphatic carbocycles. The summed E-state index contributed by atoms with van der Waals surface area (Å²) >= 11 is 0.